The van der Waals surface area contributed by atoms with Gasteiger partial charge in [0.05, 0.1) is 11.0 Å². The number of carbonyl (C=O) groups is 1. The highest BCUT2D eigenvalue weighted by molar-refractivity contribution is 7.91. The summed E-state index contributed by atoms with van der Waals surface area (Å²) in [7, 11) is -3.39. The lowest BCUT2D eigenvalue weighted by atomic mass is 10.1. The van der Waals surface area contributed by atoms with Gasteiger partial charge in [0.1, 0.15) is 0 Å². The fraction of sp³-hybridized carbons (Fsp3) is 0.409. The number of rotatable bonds is 5. The van der Waals surface area contributed by atoms with E-state index in [-0.39, 0.29) is 18.2 Å². The number of hydrogen-bond donors (Lipinski definition) is 0. The van der Waals surface area contributed by atoms with Crippen molar-refractivity contribution in [2.75, 3.05) is 36.8 Å². The number of anilines is 1. The standard InChI is InChI=1S/C22H27ClN2O3S/c1-3-24(4-2)18-11-9-17(10-12-18)22(26)25-14-13-21(29(27,28)16-15-25)19-7-5-6-8-20(19)23/h5-12,21H,3-4,13-16H2,1-2H3. The van der Waals surface area contributed by atoms with E-state index in [4.69, 9.17) is 11.6 Å². The van der Waals surface area contributed by atoms with Gasteiger partial charge in [0.15, 0.2) is 9.84 Å². The van der Waals surface area contributed by atoms with Crippen LogP contribution in [0.1, 0.15) is 41.4 Å². The Morgan fingerprint density at radius 2 is 1.72 bits per heavy atom. The summed E-state index contributed by atoms with van der Waals surface area (Å²) in [5, 5.41) is -0.230. The van der Waals surface area contributed by atoms with Gasteiger partial charge in [-0.3, -0.25) is 4.79 Å². The third-order valence-electron chi connectivity index (χ3n) is 5.52. The normalized spacial score (nSPS) is 18.9. The van der Waals surface area contributed by atoms with Crippen LogP contribution in [0.5, 0.6) is 0 Å². The molecule has 0 N–H and O–H groups in total. The number of carbonyl (C=O) groups excluding carboxylic acids is 1. The number of hydrogen-bond acceptors (Lipinski definition) is 4. The third-order valence-corrected chi connectivity index (χ3v) is 7.98. The van der Waals surface area contributed by atoms with Crippen molar-refractivity contribution >= 4 is 33.0 Å². The maximum Gasteiger partial charge on any atom is 0.253 e. The summed E-state index contributed by atoms with van der Waals surface area (Å²) in [4.78, 5) is 16.8. The van der Waals surface area contributed by atoms with Crippen LogP contribution in [0.15, 0.2) is 48.5 Å². The Morgan fingerprint density at radius 1 is 1.07 bits per heavy atom. The molecule has 1 aliphatic rings. The molecule has 1 unspecified atom stereocenters. The fourth-order valence-corrected chi connectivity index (χ4v) is 5.97. The number of sulfone groups is 1. The van der Waals surface area contributed by atoms with E-state index in [9.17, 15) is 13.2 Å². The van der Waals surface area contributed by atoms with Crippen molar-refractivity contribution in [2.45, 2.75) is 25.5 Å². The lowest BCUT2D eigenvalue weighted by Gasteiger charge is -2.23. The zero-order chi connectivity index (χ0) is 21.0. The summed E-state index contributed by atoms with van der Waals surface area (Å²) in [6.45, 7) is 6.56. The Kier molecular flexibility index (Phi) is 6.85. The van der Waals surface area contributed by atoms with E-state index in [2.05, 4.69) is 18.7 Å². The van der Waals surface area contributed by atoms with Crippen LogP contribution in [-0.4, -0.2) is 51.2 Å². The number of benzene rings is 2. The Hall–Kier alpha value is -2.05. The van der Waals surface area contributed by atoms with Crippen LogP contribution >= 0.6 is 11.6 Å². The van der Waals surface area contributed by atoms with Gasteiger partial charge in [-0.2, -0.15) is 0 Å². The molecule has 29 heavy (non-hydrogen) atoms. The van der Waals surface area contributed by atoms with Crippen molar-refractivity contribution in [1.29, 1.82) is 0 Å². The van der Waals surface area contributed by atoms with Crippen molar-refractivity contribution in [1.82, 2.24) is 4.90 Å². The highest BCUT2D eigenvalue weighted by Crippen LogP contribution is 2.34. The SMILES string of the molecule is CCN(CC)c1ccc(C(=O)N2CCC(c3ccccc3Cl)S(=O)(=O)CC2)cc1. The highest BCUT2D eigenvalue weighted by atomic mass is 35.5. The molecule has 7 heteroatoms. The average molecular weight is 435 g/mol. The third kappa shape index (κ3) is 4.75. The van der Waals surface area contributed by atoms with Gasteiger partial charge >= 0.3 is 0 Å². The van der Waals surface area contributed by atoms with Crippen molar-refractivity contribution in [3.8, 4) is 0 Å². The number of amides is 1. The Labute approximate surface area is 178 Å². The second kappa shape index (κ2) is 9.18. The van der Waals surface area contributed by atoms with Gasteiger partial charge in [-0.05, 0) is 56.2 Å². The molecular formula is C22H27ClN2O3S. The largest absolute Gasteiger partial charge is 0.372 e. The predicted molar refractivity (Wildman–Crippen MR) is 119 cm³/mol. The first-order chi connectivity index (χ1) is 13.9. The average Bonchev–Trinajstić information content (AvgIpc) is 2.87. The molecule has 1 fully saturated rings. The van der Waals surface area contributed by atoms with Gasteiger partial charge in [0.2, 0.25) is 0 Å². The van der Waals surface area contributed by atoms with E-state index in [0.29, 0.717) is 29.1 Å². The molecule has 2 aromatic carbocycles. The minimum Gasteiger partial charge on any atom is -0.372 e. The quantitative estimate of drug-likeness (QED) is 0.708. The van der Waals surface area contributed by atoms with Crippen molar-refractivity contribution in [3.63, 3.8) is 0 Å². The Morgan fingerprint density at radius 3 is 2.34 bits per heavy atom. The van der Waals surface area contributed by atoms with E-state index < -0.39 is 15.1 Å². The summed E-state index contributed by atoms with van der Waals surface area (Å²) in [6, 6.07) is 14.6. The molecule has 3 rings (SSSR count). The minimum absolute atomic E-state index is 0.0633. The molecule has 1 amide bonds. The molecule has 0 bridgehead atoms. The molecule has 156 valence electrons. The molecule has 0 aromatic heterocycles. The summed E-state index contributed by atoms with van der Waals surface area (Å²) < 4.78 is 25.7. The summed E-state index contributed by atoms with van der Waals surface area (Å²) in [5.74, 6) is -0.197. The topological polar surface area (TPSA) is 57.7 Å². The lowest BCUT2D eigenvalue weighted by Crippen LogP contribution is -2.33. The second-order valence-electron chi connectivity index (χ2n) is 7.18. The Bertz CT molecular complexity index is 956. The Balaban J connectivity index is 1.78. The van der Waals surface area contributed by atoms with Crippen molar-refractivity contribution in [2.24, 2.45) is 0 Å². The lowest BCUT2D eigenvalue weighted by molar-refractivity contribution is 0.0766. The van der Waals surface area contributed by atoms with E-state index in [1.165, 1.54) is 0 Å². The van der Waals surface area contributed by atoms with Gasteiger partial charge in [0, 0.05) is 42.5 Å². The van der Waals surface area contributed by atoms with Crippen LogP contribution in [0, 0.1) is 0 Å². The first kappa shape index (κ1) is 21.7. The van der Waals surface area contributed by atoms with Crippen LogP contribution < -0.4 is 4.90 Å². The van der Waals surface area contributed by atoms with Gasteiger partial charge in [-0.15, -0.1) is 0 Å². The van der Waals surface area contributed by atoms with Gasteiger partial charge < -0.3 is 9.80 Å². The minimum atomic E-state index is -3.39. The summed E-state index contributed by atoms with van der Waals surface area (Å²) >= 11 is 6.25. The van der Waals surface area contributed by atoms with E-state index >= 15 is 0 Å². The first-order valence-electron chi connectivity index (χ1n) is 9.97. The van der Waals surface area contributed by atoms with Crippen LogP contribution in [0.3, 0.4) is 0 Å². The molecule has 1 atom stereocenters. The van der Waals surface area contributed by atoms with Crippen LogP contribution in [-0.2, 0) is 9.84 Å². The van der Waals surface area contributed by atoms with Gasteiger partial charge in [0.25, 0.3) is 5.91 Å². The first-order valence-corrected chi connectivity index (χ1v) is 12.1. The molecular weight excluding hydrogens is 408 g/mol. The van der Waals surface area contributed by atoms with Crippen molar-refractivity contribution in [3.05, 3.63) is 64.7 Å². The summed E-state index contributed by atoms with van der Waals surface area (Å²) in [6.07, 6.45) is 0.343. The molecule has 0 aliphatic carbocycles. The fourth-order valence-electron chi connectivity index (χ4n) is 3.82. The maximum absolute atomic E-state index is 13.0. The zero-order valence-electron chi connectivity index (χ0n) is 16.8. The summed E-state index contributed by atoms with van der Waals surface area (Å²) in [5.41, 5.74) is 2.27. The molecule has 1 saturated heterocycles. The van der Waals surface area contributed by atoms with Crippen LogP contribution in [0.2, 0.25) is 5.02 Å². The van der Waals surface area contributed by atoms with E-state index in [1.807, 2.05) is 24.3 Å². The monoisotopic (exact) mass is 434 g/mol. The highest BCUT2D eigenvalue weighted by Gasteiger charge is 2.33. The van der Waals surface area contributed by atoms with E-state index in [0.717, 1.165) is 18.8 Å². The van der Waals surface area contributed by atoms with Gasteiger partial charge in [-0.1, -0.05) is 29.8 Å². The van der Waals surface area contributed by atoms with Gasteiger partial charge in [-0.25, -0.2) is 8.42 Å². The zero-order valence-corrected chi connectivity index (χ0v) is 18.4. The molecule has 5 nitrogen and oxygen atoms in total. The van der Waals surface area contributed by atoms with Crippen molar-refractivity contribution < 1.29 is 13.2 Å². The second-order valence-corrected chi connectivity index (χ2v) is 9.89. The molecule has 2 aromatic rings. The molecule has 1 aliphatic heterocycles. The molecule has 0 spiro atoms. The van der Waals surface area contributed by atoms with Crippen LogP contribution in [0.4, 0.5) is 5.69 Å². The maximum atomic E-state index is 13.0. The predicted octanol–water partition coefficient (Wildman–Crippen LogP) is 4.19. The molecule has 0 radical (unpaired) electrons. The molecule has 1 heterocycles. The number of nitrogens with zero attached hydrogens (tertiary/aromatic N) is 2. The smallest absolute Gasteiger partial charge is 0.253 e. The van der Waals surface area contributed by atoms with E-state index in [1.54, 1.807) is 29.2 Å². The number of halogens is 1. The van der Waals surface area contributed by atoms with Crippen LogP contribution in [0.25, 0.3) is 0 Å². The molecule has 0 saturated carbocycles.